The summed E-state index contributed by atoms with van der Waals surface area (Å²) in [6.45, 7) is 3.93. The van der Waals surface area contributed by atoms with Crippen LogP contribution in [0.3, 0.4) is 0 Å². The predicted molar refractivity (Wildman–Crippen MR) is 147 cm³/mol. The van der Waals surface area contributed by atoms with Gasteiger partial charge in [0, 0.05) is 25.6 Å². The molecule has 216 valence electrons. The molecule has 0 radical (unpaired) electrons. The van der Waals surface area contributed by atoms with Crippen molar-refractivity contribution in [3.8, 4) is 17.2 Å². The minimum Gasteiger partial charge on any atom is -0.490 e. The van der Waals surface area contributed by atoms with Gasteiger partial charge in [-0.1, -0.05) is 6.07 Å². The average Bonchev–Trinajstić information content (AvgIpc) is 2.97. The Balaban J connectivity index is 1.83. The number of hydrogen-bond acceptors (Lipinski definition) is 6. The maximum Gasteiger partial charge on any atom is 0.332 e. The van der Waals surface area contributed by atoms with Gasteiger partial charge in [-0.15, -0.1) is 0 Å². The number of halogens is 2. The lowest BCUT2D eigenvalue weighted by Crippen LogP contribution is -2.44. The fourth-order valence-corrected chi connectivity index (χ4v) is 5.04. The Labute approximate surface area is 230 Å². The normalized spacial score (nSPS) is 14.8. The lowest BCUT2D eigenvalue weighted by molar-refractivity contribution is -0.119. The third kappa shape index (κ3) is 6.29. The first kappa shape index (κ1) is 29.1. The number of carbonyl (C=O) groups excluding carboxylic acids is 1. The minimum absolute atomic E-state index is 0.0205. The monoisotopic (exact) mass is 559 g/mol. The number of hydrogen-bond donors (Lipinski definition) is 0. The van der Waals surface area contributed by atoms with E-state index in [1.807, 2.05) is 13.8 Å². The van der Waals surface area contributed by atoms with E-state index in [0.717, 1.165) is 11.0 Å². The predicted octanol–water partition coefficient (Wildman–Crippen LogP) is 3.88. The third-order valence-electron chi connectivity index (χ3n) is 7.01. The first-order chi connectivity index (χ1) is 19.4. The number of ether oxygens (including phenoxy) is 3. The first-order valence-electron chi connectivity index (χ1n) is 13.6. The van der Waals surface area contributed by atoms with Gasteiger partial charge in [-0.25, -0.2) is 9.18 Å². The van der Waals surface area contributed by atoms with E-state index in [1.165, 1.54) is 6.07 Å². The number of alkyl halides is 2. The van der Waals surface area contributed by atoms with Crippen molar-refractivity contribution in [2.24, 2.45) is 0 Å². The molecule has 1 aromatic heterocycles. The number of piperidine rings is 1. The molecular formula is C29H35F2N3O6. The molecule has 1 atom stereocenters. The summed E-state index contributed by atoms with van der Waals surface area (Å²) in [4.78, 5) is 40.6. The van der Waals surface area contributed by atoms with Crippen LogP contribution in [0.4, 0.5) is 8.78 Å². The second-order valence-corrected chi connectivity index (χ2v) is 9.61. The zero-order chi connectivity index (χ0) is 28.6. The van der Waals surface area contributed by atoms with Gasteiger partial charge in [0.25, 0.3) is 5.56 Å². The summed E-state index contributed by atoms with van der Waals surface area (Å²) in [5.74, 6) is 1.29. The number of fused-ring (bicyclic) bond motifs is 1. The van der Waals surface area contributed by atoms with Crippen LogP contribution in [0, 0.1) is 0 Å². The van der Waals surface area contributed by atoms with Gasteiger partial charge < -0.3 is 19.1 Å². The summed E-state index contributed by atoms with van der Waals surface area (Å²) in [6, 6.07) is 9.68. The molecule has 4 rings (SSSR count). The summed E-state index contributed by atoms with van der Waals surface area (Å²) in [7, 11) is 0. The summed E-state index contributed by atoms with van der Waals surface area (Å²) >= 11 is 0. The topological polar surface area (TPSA) is 92.0 Å². The van der Waals surface area contributed by atoms with Gasteiger partial charge in [0.2, 0.25) is 6.41 Å². The van der Waals surface area contributed by atoms with E-state index in [0.29, 0.717) is 61.7 Å². The van der Waals surface area contributed by atoms with Crippen LogP contribution in [-0.4, -0.2) is 66.2 Å². The van der Waals surface area contributed by atoms with Crippen LogP contribution in [0.25, 0.3) is 10.9 Å². The molecule has 1 amide bonds. The van der Waals surface area contributed by atoms with Crippen molar-refractivity contribution < 1.29 is 27.8 Å². The lowest BCUT2D eigenvalue weighted by Gasteiger charge is -2.31. The molecule has 0 saturated carbocycles. The maximum absolute atomic E-state index is 13.9. The van der Waals surface area contributed by atoms with Crippen LogP contribution in [0.2, 0.25) is 0 Å². The zero-order valence-corrected chi connectivity index (χ0v) is 22.8. The van der Waals surface area contributed by atoms with Crippen LogP contribution < -0.4 is 25.5 Å². The highest BCUT2D eigenvalue weighted by molar-refractivity contribution is 5.80. The molecule has 40 heavy (non-hydrogen) atoms. The minimum atomic E-state index is -0.982. The lowest BCUT2D eigenvalue weighted by atomic mass is 10.0. The molecule has 0 N–H and O–H groups in total. The Kier molecular flexibility index (Phi) is 9.79. The molecule has 3 aromatic rings. The van der Waals surface area contributed by atoms with Crippen molar-refractivity contribution >= 4 is 17.3 Å². The van der Waals surface area contributed by atoms with Gasteiger partial charge in [0.05, 0.1) is 37.3 Å². The molecule has 1 unspecified atom stereocenters. The van der Waals surface area contributed by atoms with Crippen molar-refractivity contribution in [2.45, 2.75) is 51.8 Å². The first-order valence-corrected chi connectivity index (χ1v) is 13.6. The summed E-state index contributed by atoms with van der Waals surface area (Å²) in [6.07, 6.45) is 0.782. The third-order valence-corrected chi connectivity index (χ3v) is 7.01. The standard InChI is InChI=1S/C29H35F2N3O6/c1-3-38-26-8-5-20(15-27(26)39-4-2)18-33-28(36)24-16-22(40-23(17-31)9-12-30)6-7-25(24)34(29(33)37)21-10-13-32(19-35)14-11-21/h5-8,15-16,19,21,23H,3-4,9-14,17-18H2,1-2H3. The van der Waals surface area contributed by atoms with Gasteiger partial charge in [0.1, 0.15) is 18.5 Å². The van der Waals surface area contributed by atoms with Crippen LogP contribution in [0.5, 0.6) is 17.2 Å². The average molecular weight is 560 g/mol. The molecule has 0 spiro atoms. The van der Waals surface area contributed by atoms with Crippen LogP contribution >= 0.6 is 0 Å². The van der Waals surface area contributed by atoms with Gasteiger partial charge in [-0.2, -0.15) is 0 Å². The number of amides is 1. The zero-order valence-electron chi connectivity index (χ0n) is 22.8. The summed E-state index contributed by atoms with van der Waals surface area (Å²) in [5, 5.41) is 0.226. The van der Waals surface area contributed by atoms with E-state index in [2.05, 4.69) is 0 Å². The van der Waals surface area contributed by atoms with Crippen LogP contribution in [-0.2, 0) is 11.3 Å². The molecule has 9 nitrogen and oxygen atoms in total. The van der Waals surface area contributed by atoms with E-state index >= 15 is 0 Å². The number of benzene rings is 2. The molecule has 0 bridgehead atoms. The Morgan fingerprint density at radius 2 is 1.73 bits per heavy atom. The molecular weight excluding hydrogens is 524 g/mol. The molecule has 1 aliphatic rings. The number of aromatic nitrogens is 2. The Morgan fingerprint density at radius 1 is 1.00 bits per heavy atom. The van der Waals surface area contributed by atoms with E-state index in [1.54, 1.807) is 39.8 Å². The number of rotatable bonds is 13. The number of likely N-dealkylation sites (tertiary alicyclic amines) is 1. The highest BCUT2D eigenvalue weighted by Gasteiger charge is 2.25. The Bertz CT molecular complexity index is 1430. The van der Waals surface area contributed by atoms with Gasteiger partial charge in [-0.3, -0.25) is 23.1 Å². The largest absolute Gasteiger partial charge is 0.490 e. The molecule has 11 heteroatoms. The highest BCUT2D eigenvalue weighted by atomic mass is 19.1. The molecule has 2 aromatic carbocycles. The van der Waals surface area contributed by atoms with Crippen LogP contribution in [0.15, 0.2) is 46.0 Å². The van der Waals surface area contributed by atoms with Gasteiger partial charge >= 0.3 is 5.69 Å². The fourth-order valence-electron chi connectivity index (χ4n) is 5.04. The molecule has 0 aliphatic carbocycles. The van der Waals surface area contributed by atoms with Crippen molar-refractivity contribution in [3.63, 3.8) is 0 Å². The number of nitrogens with zero attached hydrogens (tertiary/aromatic N) is 3. The number of carbonyl (C=O) groups is 1. The molecule has 1 fully saturated rings. The van der Waals surface area contributed by atoms with E-state index in [9.17, 15) is 23.2 Å². The molecule has 1 aliphatic heterocycles. The van der Waals surface area contributed by atoms with E-state index in [4.69, 9.17) is 14.2 Å². The van der Waals surface area contributed by atoms with Crippen LogP contribution in [0.1, 0.15) is 44.7 Å². The Morgan fingerprint density at radius 3 is 2.38 bits per heavy atom. The Hall–Kier alpha value is -3.89. The van der Waals surface area contributed by atoms with Gasteiger partial charge in [-0.05, 0) is 62.6 Å². The van der Waals surface area contributed by atoms with E-state index < -0.39 is 30.7 Å². The smallest absolute Gasteiger partial charge is 0.332 e. The van der Waals surface area contributed by atoms with Crippen molar-refractivity contribution in [2.75, 3.05) is 39.7 Å². The summed E-state index contributed by atoms with van der Waals surface area (Å²) in [5.41, 5.74) is 0.0931. The second kappa shape index (κ2) is 13.5. The highest BCUT2D eigenvalue weighted by Crippen LogP contribution is 2.29. The quantitative estimate of drug-likeness (QED) is 0.295. The van der Waals surface area contributed by atoms with Gasteiger partial charge in [0.15, 0.2) is 11.5 Å². The maximum atomic E-state index is 13.9. The van der Waals surface area contributed by atoms with Crippen molar-refractivity contribution in [1.29, 1.82) is 0 Å². The molecule has 2 heterocycles. The summed E-state index contributed by atoms with van der Waals surface area (Å²) < 4.78 is 45.9. The second-order valence-electron chi connectivity index (χ2n) is 9.61. The van der Waals surface area contributed by atoms with Crippen molar-refractivity contribution in [3.05, 3.63) is 62.8 Å². The van der Waals surface area contributed by atoms with Crippen molar-refractivity contribution in [1.82, 2.24) is 14.0 Å². The SMILES string of the molecule is CCOc1ccc(Cn2c(=O)c3cc(OC(CF)CCF)ccc3n(C3CCN(C=O)CC3)c2=O)cc1OCC. The fraction of sp³-hybridized carbons (Fsp3) is 0.483. The van der Waals surface area contributed by atoms with E-state index in [-0.39, 0.29) is 30.1 Å². The molecule has 1 saturated heterocycles.